The number of aromatic nitrogens is 1. The summed E-state index contributed by atoms with van der Waals surface area (Å²) in [5.74, 6) is -6.77. The molecule has 15 heavy (non-hydrogen) atoms. The van der Waals surface area contributed by atoms with Crippen molar-refractivity contribution in [2.45, 2.75) is 12.3 Å². The van der Waals surface area contributed by atoms with Crippen LogP contribution in [0.3, 0.4) is 0 Å². The van der Waals surface area contributed by atoms with Gasteiger partial charge >= 0.3 is 11.9 Å². The number of carboxylic acid groups (broad SMARTS) is 1. The van der Waals surface area contributed by atoms with Crippen molar-refractivity contribution >= 4 is 21.9 Å². The number of nitrogens with zero attached hydrogens (tertiary/aromatic N) is 1. The molecule has 0 radical (unpaired) electrons. The summed E-state index contributed by atoms with van der Waals surface area (Å²) in [6.07, 6.45) is -0.507. The summed E-state index contributed by atoms with van der Waals surface area (Å²) < 4.78 is 39.4. The molecule has 0 fully saturated rings. The Balaban J connectivity index is 3.09. The first-order chi connectivity index (χ1) is 6.83. The minimum Gasteiger partial charge on any atom is -0.481 e. The van der Waals surface area contributed by atoms with Gasteiger partial charge in [-0.15, -0.1) is 0 Å². The molecule has 0 bridgehead atoms. The third-order valence-electron chi connectivity index (χ3n) is 1.53. The largest absolute Gasteiger partial charge is 0.481 e. The highest BCUT2D eigenvalue weighted by atomic mass is 79.9. The molecule has 0 aromatic carbocycles. The molecule has 0 aliphatic rings. The van der Waals surface area contributed by atoms with Gasteiger partial charge in [-0.3, -0.25) is 9.78 Å². The first kappa shape index (κ1) is 12.0. The summed E-state index contributed by atoms with van der Waals surface area (Å²) in [7, 11) is 0. The normalized spacial score (nSPS) is 11.5. The van der Waals surface area contributed by atoms with Crippen LogP contribution in [-0.4, -0.2) is 16.1 Å². The lowest BCUT2D eigenvalue weighted by atomic mass is 10.1. The Hall–Kier alpha value is -1.11. The molecule has 1 rings (SSSR count). The Kier molecular flexibility index (Phi) is 3.33. The number of pyridine rings is 1. The summed E-state index contributed by atoms with van der Waals surface area (Å²) in [5.41, 5.74) is -1.16. The average molecular weight is 284 g/mol. The summed E-state index contributed by atoms with van der Waals surface area (Å²) in [6.45, 7) is 0. The number of carbonyl (C=O) groups is 1. The van der Waals surface area contributed by atoms with Gasteiger partial charge in [-0.2, -0.15) is 8.78 Å². The zero-order valence-corrected chi connectivity index (χ0v) is 8.76. The number of alkyl halides is 2. The molecule has 0 spiro atoms. The summed E-state index contributed by atoms with van der Waals surface area (Å²) >= 11 is 2.85. The quantitative estimate of drug-likeness (QED) is 0.928. The molecule has 82 valence electrons. The van der Waals surface area contributed by atoms with Crippen LogP contribution in [0, 0.1) is 5.82 Å². The van der Waals surface area contributed by atoms with Gasteiger partial charge in [0.2, 0.25) is 0 Å². The van der Waals surface area contributed by atoms with E-state index in [4.69, 9.17) is 5.11 Å². The van der Waals surface area contributed by atoms with Crippen molar-refractivity contribution in [2.75, 3.05) is 0 Å². The number of carboxylic acids is 1. The molecule has 3 nitrogen and oxygen atoms in total. The van der Waals surface area contributed by atoms with Crippen LogP contribution in [0.2, 0.25) is 0 Å². The predicted octanol–water partition coefficient (Wildman–Crippen LogP) is 2.55. The standard InChI is InChI=1S/C8H5BrF3NO2/c9-4-1-5(10)7(13-3-4)8(11,12)2-6(14)15/h1,3H,2H2,(H,14,15). The zero-order valence-electron chi connectivity index (χ0n) is 7.18. The molecule has 1 N–H and O–H groups in total. The molecule has 1 aromatic rings. The van der Waals surface area contributed by atoms with Gasteiger partial charge in [-0.05, 0) is 22.0 Å². The summed E-state index contributed by atoms with van der Waals surface area (Å²) in [4.78, 5) is 13.3. The van der Waals surface area contributed by atoms with Gasteiger partial charge in [-0.25, -0.2) is 4.39 Å². The van der Waals surface area contributed by atoms with Crippen molar-refractivity contribution < 1.29 is 23.1 Å². The van der Waals surface area contributed by atoms with Crippen LogP contribution in [0.4, 0.5) is 13.2 Å². The van der Waals surface area contributed by atoms with Crippen molar-refractivity contribution in [3.05, 3.63) is 28.2 Å². The Morgan fingerprint density at radius 2 is 2.20 bits per heavy atom. The number of hydrogen-bond acceptors (Lipinski definition) is 2. The van der Waals surface area contributed by atoms with Gasteiger partial charge in [0.1, 0.15) is 12.1 Å². The van der Waals surface area contributed by atoms with Gasteiger partial charge in [-0.1, -0.05) is 0 Å². The van der Waals surface area contributed by atoms with Gasteiger partial charge in [0.25, 0.3) is 0 Å². The van der Waals surface area contributed by atoms with E-state index in [1.54, 1.807) is 0 Å². The number of rotatable bonds is 3. The topological polar surface area (TPSA) is 50.2 Å². The van der Waals surface area contributed by atoms with Crippen LogP contribution in [0.15, 0.2) is 16.7 Å². The molecule has 0 saturated heterocycles. The minimum atomic E-state index is -3.81. The van der Waals surface area contributed by atoms with E-state index < -0.39 is 29.8 Å². The number of aliphatic carboxylic acids is 1. The second-order valence-corrected chi connectivity index (χ2v) is 3.67. The molecular weight excluding hydrogens is 279 g/mol. The van der Waals surface area contributed by atoms with Crippen molar-refractivity contribution in [2.24, 2.45) is 0 Å². The van der Waals surface area contributed by atoms with Crippen molar-refractivity contribution in [3.8, 4) is 0 Å². The zero-order chi connectivity index (χ0) is 11.6. The van der Waals surface area contributed by atoms with E-state index in [1.165, 1.54) is 0 Å². The lowest BCUT2D eigenvalue weighted by molar-refractivity contribution is -0.146. The fourth-order valence-corrected chi connectivity index (χ4v) is 1.26. The first-order valence-corrected chi connectivity index (χ1v) is 4.53. The Morgan fingerprint density at radius 1 is 1.60 bits per heavy atom. The highest BCUT2D eigenvalue weighted by Crippen LogP contribution is 2.32. The lowest BCUT2D eigenvalue weighted by Gasteiger charge is -2.13. The van der Waals surface area contributed by atoms with Crippen LogP contribution in [0.25, 0.3) is 0 Å². The van der Waals surface area contributed by atoms with E-state index in [1.807, 2.05) is 0 Å². The van der Waals surface area contributed by atoms with Crippen LogP contribution in [-0.2, 0) is 10.7 Å². The second kappa shape index (κ2) is 4.18. The fourth-order valence-electron chi connectivity index (χ4n) is 0.957. The first-order valence-electron chi connectivity index (χ1n) is 3.74. The van der Waals surface area contributed by atoms with Crippen molar-refractivity contribution in [1.29, 1.82) is 0 Å². The maximum atomic E-state index is 13.1. The summed E-state index contributed by atoms with van der Waals surface area (Å²) in [6, 6.07) is 0.804. The van der Waals surface area contributed by atoms with E-state index >= 15 is 0 Å². The van der Waals surface area contributed by atoms with Crippen molar-refractivity contribution in [3.63, 3.8) is 0 Å². The molecule has 7 heteroatoms. The van der Waals surface area contributed by atoms with Crippen LogP contribution in [0.1, 0.15) is 12.1 Å². The minimum absolute atomic E-state index is 0.204. The maximum Gasteiger partial charge on any atom is 0.309 e. The highest BCUT2D eigenvalue weighted by molar-refractivity contribution is 9.10. The maximum absolute atomic E-state index is 13.1. The van der Waals surface area contributed by atoms with E-state index in [0.29, 0.717) is 0 Å². The average Bonchev–Trinajstić information content (AvgIpc) is 1.99. The highest BCUT2D eigenvalue weighted by Gasteiger charge is 2.38. The molecule has 1 aromatic heterocycles. The number of halogens is 4. The van der Waals surface area contributed by atoms with Gasteiger partial charge in [0.15, 0.2) is 5.82 Å². The Bertz CT molecular complexity index is 397. The Morgan fingerprint density at radius 3 is 2.67 bits per heavy atom. The predicted molar refractivity (Wildman–Crippen MR) is 48.0 cm³/mol. The van der Waals surface area contributed by atoms with Gasteiger partial charge in [0.05, 0.1) is 0 Å². The third kappa shape index (κ3) is 2.92. The van der Waals surface area contributed by atoms with Crippen LogP contribution < -0.4 is 0 Å². The monoisotopic (exact) mass is 283 g/mol. The van der Waals surface area contributed by atoms with Crippen LogP contribution in [0.5, 0.6) is 0 Å². The lowest BCUT2D eigenvalue weighted by Crippen LogP contribution is -2.21. The van der Waals surface area contributed by atoms with E-state index in [0.717, 1.165) is 12.3 Å². The molecular formula is C8H5BrF3NO2. The molecule has 0 amide bonds. The van der Waals surface area contributed by atoms with E-state index in [-0.39, 0.29) is 4.47 Å². The molecule has 0 atom stereocenters. The molecule has 0 saturated carbocycles. The van der Waals surface area contributed by atoms with E-state index in [2.05, 4.69) is 20.9 Å². The van der Waals surface area contributed by atoms with Crippen molar-refractivity contribution in [1.82, 2.24) is 4.98 Å². The second-order valence-electron chi connectivity index (χ2n) is 2.76. The van der Waals surface area contributed by atoms with Gasteiger partial charge < -0.3 is 5.11 Å². The molecule has 0 aliphatic carbocycles. The fraction of sp³-hybridized carbons (Fsp3) is 0.250. The third-order valence-corrected chi connectivity index (χ3v) is 1.96. The molecule has 0 aliphatic heterocycles. The molecule has 1 heterocycles. The smallest absolute Gasteiger partial charge is 0.309 e. The van der Waals surface area contributed by atoms with Crippen LogP contribution >= 0.6 is 15.9 Å². The van der Waals surface area contributed by atoms with Gasteiger partial charge in [0, 0.05) is 10.7 Å². The molecule has 0 unspecified atom stereocenters. The van der Waals surface area contributed by atoms with E-state index in [9.17, 15) is 18.0 Å². The Labute approximate surface area is 91.1 Å². The number of hydrogen-bond donors (Lipinski definition) is 1. The SMILES string of the molecule is O=C(O)CC(F)(F)c1ncc(Br)cc1F. The summed E-state index contributed by atoms with van der Waals surface area (Å²) in [5, 5.41) is 8.22.